The molecule has 0 radical (unpaired) electrons. The Morgan fingerprint density at radius 3 is 2.83 bits per heavy atom. The van der Waals surface area contributed by atoms with Crippen LogP contribution in [0.25, 0.3) is 11.5 Å². The van der Waals surface area contributed by atoms with Gasteiger partial charge < -0.3 is 14.6 Å². The molecule has 0 aliphatic heterocycles. The molecule has 1 aromatic carbocycles. The Kier molecular flexibility index (Phi) is 4.79. The lowest BCUT2D eigenvalue weighted by Gasteiger charge is -2.12. The molecule has 1 saturated carbocycles. The SMILES string of the molecule is C[NH+](CC(=O)NC1CC1)Cn1nc(-c2ccc(Cl)cc2)oc1=S. The number of hydrogen-bond donors (Lipinski definition) is 2. The second-order valence-electron chi connectivity index (χ2n) is 5.81. The van der Waals surface area contributed by atoms with E-state index in [1.807, 2.05) is 19.2 Å². The molecule has 0 spiro atoms. The third-order valence-corrected chi connectivity index (χ3v) is 4.07. The number of benzene rings is 1. The van der Waals surface area contributed by atoms with E-state index in [-0.39, 0.29) is 10.7 Å². The zero-order valence-electron chi connectivity index (χ0n) is 12.7. The van der Waals surface area contributed by atoms with Crippen LogP contribution in [0, 0.1) is 4.84 Å². The van der Waals surface area contributed by atoms with Gasteiger partial charge in [-0.3, -0.25) is 4.79 Å². The predicted molar refractivity (Wildman–Crippen MR) is 88.7 cm³/mol. The van der Waals surface area contributed by atoms with Gasteiger partial charge in [0.05, 0.1) is 7.05 Å². The Balaban J connectivity index is 1.64. The molecule has 1 aliphatic carbocycles. The second kappa shape index (κ2) is 6.82. The summed E-state index contributed by atoms with van der Waals surface area (Å²) in [7, 11) is 1.92. The van der Waals surface area contributed by atoms with Gasteiger partial charge in [0.25, 0.3) is 10.7 Å². The predicted octanol–water partition coefficient (Wildman–Crippen LogP) is 1.28. The lowest BCUT2D eigenvalue weighted by molar-refractivity contribution is -0.895. The minimum atomic E-state index is 0.0536. The molecule has 2 N–H and O–H groups in total. The van der Waals surface area contributed by atoms with Crippen molar-refractivity contribution in [3.05, 3.63) is 34.1 Å². The van der Waals surface area contributed by atoms with Gasteiger partial charge >= 0.3 is 0 Å². The largest absolute Gasteiger partial charge is 0.409 e. The van der Waals surface area contributed by atoms with E-state index in [0.717, 1.165) is 23.3 Å². The first-order chi connectivity index (χ1) is 11.0. The molecule has 1 aliphatic rings. The van der Waals surface area contributed by atoms with Crippen molar-refractivity contribution < 1.29 is 14.1 Å². The molecular weight excluding hydrogens is 336 g/mol. The Labute approximate surface area is 144 Å². The molecule has 8 heteroatoms. The van der Waals surface area contributed by atoms with Crippen LogP contribution in [0.4, 0.5) is 0 Å². The van der Waals surface area contributed by atoms with Crippen LogP contribution in [-0.4, -0.2) is 35.3 Å². The molecule has 1 atom stereocenters. The fourth-order valence-electron chi connectivity index (χ4n) is 2.21. The van der Waals surface area contributed by atoms with Crippen molar-refractivity contribution in [2.45, 2.75) is 25.6 Å². The van der Waals surface area contributed by atoms with E-state index in [1.165, 1.54) is 0 Å². The molecule has 1 amide bonds. The lowest BCUT2D eigenvalue weighted by atomic mass is 10.2. The van der Waals surface area contributed by atoms with E-state index in [9.17, 15) is 4.79 Å². The summed E-state index contributed by atoms with van der Waals surface area (Å²) < 4.78 is 7.13. The Bertz CT molecular complexity index is 752. The zero-order chi connectivity index (χ0) is 16.4. The highest BCUT2D eigenvalue weighted by Gasteiger charge is 2.24. The smallest absolute Gasteiger partial charge is 0.292 e. The number of rotatable bonds is 6. The van der Waals surface area contributed by atoms with Crippen molar-refractivity contribution in [3.8, 4) is 11.5 Å². The fourth-order valence-corrected chi connectivity index (χ4v) is 2.52. The Morgan fingerprint density at radius 2 is 2.17 bits per heavy atom. The van der Waals surface area contributed by atoms with Gasteiger partial charge in [0, 0.05) is 16.6 Å². The highest BCUT2D eigenvalue weighted by molar-refractivity contribution is 7.71. The number of halogens is 1. The van der Waals surface area contributed by atoms with Crippen molar-refractivity contribution in [2.75, 3.05) is 13.6 Å². The van der Waals surface area contributed by atoms with E-state index in [1.54, 1.807) is 16.8 Å². The normalized spacial score (nSPS) is 15.4. The number of aromatic nitrogens is 2. The molecule has 1 fully saturated rings. The quantitative estimate of drug-likeness (QED) is 0.768. The minimum absolute atomic E-state index is 0.0536. The molecule has 1 heterocycles. The number of carbonyl (C=O) groups is 1. The second-order valence-corrected chi connectivity index (χ2v) is 6.60. The number of carbonyl (C=O) groups excluding carboxylic acids is 1. The van der Waals surface area contributed by atoms with Crippen LogP contribution in [0.15, 0.2) is 28.7 Å². The van der Waals surface area contributed by atoms with E-state index in [0.29, 0.717) is 30.2 Å². The summed E-state index contributed by atoms with van der Waals surface area (Å²) in [6.45, 7) is 0.843. The maximum atomic E-state index is 11.8. The van der Waals surface area contributed by atoms with Crippen molar-refractivity contribution in [1.82, 2.24) is 15.1 Å². The summed E-state index contributed by atoms with van der Waals surface area (Å²) in [5.41, 5.74) is 0.809. The van der Waals surface area contributed by atoms with Gasteiger partial charge in [-0.2, -0.15) is 4.68 Å². The zero-order valence-corrected chi connectivity index (χ0v) is 14.3. The van der Waals surface area contributed by atoms with Gasteiger partial charge in [-0.1, -0.05) is 11.6 Å². The van der Waals surface area contributed by atoms with Gasteiger partial charge in [-0.05, 0) is 49.3 Å². The van der Waals surface area contributed by atoms with Crippen molar-refractivity contribution in [2.24, 2.45) is 0 Å². The van der Waals surface area contributed by atoms with Crippen molar-refractivity contribution >= 4 is 29.7 Å². The van der Waals surface area contributed by atoms with Crippen LogP contribution in [-0.2, 0) is 11.5 Å². The van der Waals surface area contributed by atoms with Gasteiger partial charge in [0.2, 0.25) is 5.89 Å². The molecule has 1 unspecified atom stereocenters. The summed E-state index contributed by atoms with van der Waals surface area (Å²) in [5, 5.41) is 8.00. The number of nitrogens with one attached hydrogen (secondary N) is 2. The average molecular weight is 354 g/mol. The van der Waals surface area contributed by atoms with Crippen LogP contribution in [0.5, 0.6) is 0 Å². The monoisotopic (exact) mass is 353 g/mol. The van der Waals surface area contributed by atoms with Gasteiger partial charge in [0.15, 0.2) is 13.2 Å². The minimum Gasteiger partial charge on any atom is -0.409 e. The number of amides is 1. The van der Waals surface area contributed by atoms with E-state index in [2.05, 4.69) is 10.4 Å². The molecule has 122 valence electrons. The number of likely N-dealkylation sites (N-methyl/N-ethyl adjacent to an activating group) is 1. The van der Waals surface area contributed by atoms with E-state index < -0.39 is 0 Å². The average Bonchev–Trinajstić information content (AvgIpc) is 3.23. The summed E-state index contributed by atoms with van der Waals surface area (Å²) in [5.74, 6) is 0.500. The molecule has 2 aromatic rings. The van der Waals surface area contributed by atoms with Crippen LogP contribution in [0.3, 0.4) is 0 Å². The van der Waals surface area contributed by atoms with E-state index in [4.69, 9.17) is 28.2 Å². The van der Waals surface area contributed by atoms with Crippen LogP contribution in [0.1, 0.15) is 12.8 Å². The summed E-state index contributed by atoms with van der Waals surface area (Å²) in [4.78, 5) is 13.1. The van der Waals surface area contributed by atoms with Gasteiger partial charge in [-0.25, -0.2) is 0 Å². The third kappa shape index (κ3) is 4.40. The highest BCUT2D eigenvalue weighted by atomic mass is 35.5. The van der Waals surface area contributed by atoms with Crippen molar-refractivity contribution in [3.63, 3.8) is 0 Å². The lowest BCUT2D eigenvalue weighted by Crippen LogP contribution is -3.09. The maximum Gasteiger partial charge on any atom is 0.292 e. The molecular formula is C15H18ClN4O2S+. The molecule has 1 aromatic heterocycles. The Hall–Kier alpha value is -1.70. The number of hydrogen-bond acceptors (Lipinski definition) is 4. The molecule has 0 saturated heterocycles. The molecule has 0 bridgehead atoms. The molecule has 3 rings (SSSR count). The first-order valence-electron chi connectivity index (χ1n) is 7.46. The highest BCUT2D eigenvalue weighted by Crippen LogP contribution is 2.20. The molecule has 23 heavy (non-hydrogen) atoms. The Morgan fingerprint density at radius 1 is 1.48 bits per heavy atom. The first-order valence-corrected chi connectivity index (χ1v) is 8.24. The maximum absolute atomic E-state index is 11.8. The third-order valence-electron chi connectivity index (χ3n) is 3.52. The number of nitrogens with zero attached hydrogens (tertiary/aromatic N) is 2. The summed E-state index contributed by atoms with van der Waals surface area (Å²) >= 11 is 11.1. The fraction of sp³-hybridized carbons (Fsp3) is 0.400. The van der Waals surface area contributed by atoms with Crippen LogP contribution in [0.2, 0.25) is 5.02 Å². The summed E-state index contributed by atoms with van der Waals surface area (Å²) in [6, 6.07) is 7.57. The summed E-state index contributed by atoms with van der Waals surface area (Å²) in [6.07, 6.45) is 2.17. The standard InChI is InChI=1S/C15H17ClN4O2S/c1-19(8-13(21)17-12-6-7-12)9-20-15(23)22-14(18-20)10-2-4-11(16)5-3-10/h2-5,12H,6-9H2,1H3,(H,17,21)/p+1. The first kappa shape index (κ1) is 16.2. The van der Waals surface area contributed by atoms with Crippen molar-refractivity contribution in [1.29, 1.82) is 0 Å². The van der Waals surface area contributed by atoms with E-state index >= 15 is 0 Å². The van der Waals surface area contributed by atoms with Crippen LogP contribution < -0.4 is 10.2 Å². The van der Waals surface area contributed by atoms with Gasteiger partial charge in [-0.15, -0.1) is 5.10 Å². The van der Waals surface area contributed by atoms with Gasteiger partial charge in [0.1, 0.15) is 0 Å². The topological polar surface area (TPSA) is 64.5 Å². The number of quaternary nitrogens is 1. The van der Waals surface area contributed by atoms with Crippen LogP contribution >= 0.6 is 23.8 Å². The molecule has 6 nitrogen and oxygen atoms in total.